The van der Waals surface area contributed by atoms with E-state index in [1.54, 1.807) is 0 Å². The van der Waals surface area contributed by atoms with E-state index in [0.29, 0.717) is 11.7 Å². The summed E-state index contributed by atoms with van der Waals surface area (Å²) in [5, 5.41) is 0. The smallest absolute Gasteiger partial charge is 0.133 e. The van der Waals surface area contributed by atoms with Crippen LogP contribution in [0.5, 0.6) is 0 Å². The van der Waals surface area contributed by atoms with Crippen molar-refractivity contribution in [1.82, 2.24) is 0 Å². The van der Waals surface area contributed by atoms with Crippen LogP contribution in [0.3, 0.4) is 0 Å². The molecule has 12 heavy (non-hydrogen) atoms. The van der Waals surface area contributed by atoms with Crippen molar-refractivity contribution in [2.24, 2.45) is 5.92 Å². The Hall–Kier alpha value is -0.330. The molecule has 0 aromatic heterocycles. The SMILES string of the molecule is CC1CCCCCCCC(=O)C1. The molecule has 0 amide bonds. The van der Waals surface area contributed by atoms with Crippen LogP contribution >= 0.6 is 0 Å². The van der Waals surface area contributed by atoms with Gasteiger partial charge < -0.3 is 0 Å². The molecule has 1 rings (SSSR count). The van der Waals surface area contributed by atoms with Crippen molar-refractivity contribution >= 4 is 5.78 Å². The Kier molecular flexibility index (Phi) is 4.34. The summed E-state index contributed by atoms with van der Waals surface area (Å²) in [4.78, 5) is 11.3. The van der Waals surface area contributed by atoms with Crippen molar-refractivity contribution in [2.45, 2.75) is 58.3 Å². The molecule has 0 aliphatic heterocycles. The van der Waals surface area contributed by atoms with Gasteiger partial charge in [0.25, 0.3) is 0 Å². The lowest BCUT2D eigenvalue weighted by Crippen LogP contribution is -2.06. The molecule has 0 aromatic carbocycles. The Morgan fingerprint density at radius 1 is 1.08 bits per heavy atom. The number of ketones is 1. The van der Waals surface area contributed by atoms with Crippen molar-refractivity contribution in [2.75, 3.05) is 0 Å². The molecule has 0 N–H and O–H groups in total. The molecule has 0 saturated heterocycles. The molecule has 0 radical (unpaired) electrons. The van der Waals surface area contributed by atoms with Gasteiger partial charge in [-0.05, 0) is 12.3 Å². The zero-order valence-corrected chi connectivity index (χ0v) is 8.14. The minimum Gasteiger partial charge on any atom is -0.300 e. The lowest BCUT2D eigenvalue weighted by Gasteiger charge is -2.12. The van der Waals surface area contributed by atoms with Crippen molar-refractivity contribution in [1.29, 1.82) is 0 Å². The van der Waals surface area contributed by atoms with Gasteiger partial charge in [-0.1, -0.05) is 39.0 Å². The molecule has 1 fully saturated rings. The minimum atomic E-state index is 0.490. The molecule has 1 aliphatic carbocycles. The molecule has 1 saturated carbocycles. The van der Waals surface area contributed by atoms with E-state index in [1.165, 1.54) is 32.1 Å². The van der Waals surface area contributed by atoms with Crippen LogP contribution in [0.2, 0.25) is 0 Å². The van der Waals surface area contributed by atoms with E-state index < -0.39 is 0 Å². The molecule has 0 aromatic rings. The quantitative estimate of drug-likeness (QED) is 0.542. The highest BCUT2D eigenvalue weighted by molar-refractivity contribution is 5.78. The Balaban J connectivity index is 2.29. The average Bonchev–Trinajstić information content (AvgIpc) is 2.02. The number of hydrogen-bond acceptors (Lipinski definition) is 1. The van der Waals surface area contributed by atoms with E-state index in [9.17, 15) is 4.79 Å². The van der Waals surface area contributed by atoms with Crippen LogP contribution in [0.25, 0.3) is 0 Å². The zero-order chi connectivity index (χ0) is 8.81. The Bertz CT molecular complexity index is 140. The second-order valence-electron chi connectivity index (χ2n) is 4.15. The van der Waals surface area contributed by atoms with Crippen molar-refractivity contribution in [3.63, 3.8) is 0 Å². The number of Topliss-reactive ketones (excluding diaryl/α,β-unsaturated/α-hetero) is 1. The third kappa shape index (κ3) is 3.89. The maximum absolute atomic E-state index is 11.3. The molecule has 1 unspecified atom stereocenters. The normalized spacial score (nSPS) is 28.4. The van der Waals surface area contributed by atoms with Crippen LogP contribution in [0.1, 0.15) is 58.3 Å². The van der Waals surface area contributed by atoms with E-state index in [1.807, 2.05) is 0 Å². The monoisotopic (exact) mass is 168 g/mol. The van der Waals surface area contributed by atoms with Crippen LogP contribution in [0.4, 0.5) is 0 Å². The minimum absolute atomic E-state index is 0.490. The van der Waals surface area contributed by atoms with Gasteiger partial charge in [-0.2, -0.15) is 0 Å². The fourth-order valence-corrected chi connectivity index (χ4v) is 1.94. The predicted octanol–water partition coefficient (Wildman–Crippen LogP) is 3.33. The Morgan fingerprint density at radius 2 is 1.75 bits per heavy atom. The first-order chi connectivity index (χ1) is 5.79. The van der Waals surface area contributed by atoms with E-state index in [2.05, 4.69) is 6.92 Å². The predicted molar refractivity (Wildman–Crippen MR) is 51.1 cm³/mol. The van der Waals surface area contributed by atoms with Gasteiger partial charge >= 0.3 is 0 Å². The number of carbonyl (C=O) groups is 1. The van der Waals surface area contributed by atoms with Crippen molar-refractivity contribution in [3.8, 4) is 0 Å². The average molecular weight is 168 g/mol. The highest BCUT2D eigenvalue weighted by Gasteiger charge is 2.10. The van der Waals surface area contributed by atoms with Gasteiger partial charge in [-0.15, -0.1) is 0 Å². The lowest BCUT2D eigenvalue weighted by molar-refractivity contribution is -0.120. The van der Waals surface area contributed by atoms with E-state index >= 15 is 0 Å². The van der Waals surface area contributed by atoms with Gasteiger partial charge in [0.1, 0.15) is 5.78 Å². The van der Waals surface area contributed by atoms with Crippen LogP contribution in [0, 0.1) is 5.92 Å². The maximum atomic E-state index is 11.3. The summed E-state index contributed by atoms with van der Waals surface area (Å²) in [6, 6.07) is 0. The molecule has 1 aliphatic rings. The van der Waals surface area contributed by atoms with Gasteiger partial charge in [-0.25, -0.2) is 0 Å². The van der Waals surface area contributed by atoms with Gasteiger partial charge in [0.05, 0.1) is 0 Å². The topological polar surface area (TPSA) is 17.1 Å². The molecule has 1 heteroatoms. The Morgan fingerprint density at radius 3 is 2.58 bits per heavy atom. The van der Waals surface area contributed by atoms with E-state index in [-0.39, 0.29) is 0 Å². The molecule has 1 nitrogen and oxygen atoms in total. The largest absolute Gasteiger partial charge is 0.300 e. The summed E-state index contributed by atoms with van der Waals surface area (Å²) in [5.74, 6) is 1.13. The van der Waals surface area contributed by atoms with Crippen molar-refractivity contribution < 1.29 is 4.79 Å². The molecule has 0 spiro atoms. The van der Waals surface area contributed by atoms with Crippen LogP contribution in [-0.4, -0.2) is 5.78 Å². The summed E-state index contributed by atoms with van der Waals surface area (Å²) in [5.41, 5.74) is 0. The zero-order valence-electron chi connectivity index (χ0n) is 8.14. The first-order valence-corrected chi connectivity index (χ1v) is 5.31. The van der Waals surface area contributed by atoms with Gasteiger partial charge in [0.15, 0.2) is 0 Å². The summed E-state index contributed by atoms with van der Waals surface area (Å²) >= 11 is 0. The Labute approximate surface area is 75.5 Å². The molecule has 1 atom stereocenters. The maximum Gasteiger partial charge on any atom is 0.133 e. The van der Waals surface area contributed by atoms with Gasteiger partial charge in [0.2, 0.25) is 0 Å². The second kappa shape index (κ2) is 5.34. The number of hydrogen-bond donors (Lipinski definition) is 0. The first kappa shape index (κ1) is 9.76. The lowest BCUT2D eigenvalue weighted by atomic mass is 9.93. The molecular formula is C11H20O. The summed E-state index contributed by atoms with van der Waals surface area (Å²) in [6.07, 6.45) is 9.36. The second-order valence-corrected chi connectivity index (χ2v) is 4.15. The molecule has 0 bridgehead atoms. The molecular weight excluding hydrogens is 148 g/mol. The third-order valence-electron chi connectivity index (χ3n) is 2.73. The molecule has 0 heterocycles. The van der Waals surface area contributed by atoms with Crippen molar-refractivity contribution in [3.05, 3.63) is 0 Å². The van der Waals surface area contributed by atoms with Crippen LogP contribution in [-0.2, 0) is 4.79 Å². The fourth-order valence-electron chi connectivity index (χ4n) is 1.94. The third-order valence-corrected chi connectivity index (χ3v) is 2.73. The van der Waals surface area contributed by atoms with E-state index in [4.69, 9.17) is 0 Å². The highest BCUT2D eigenvalue weighted by atomic mass is 16.1. The fraction of sp³-hybridized carbons (Fsp3) is 0.909. The van der Waals surface area contributed by atoms with E-state index in [0.717, 1.165) is 19.3 Å². The van der Waals surface area contributed by atoms with Gasteiger partial charge in [-0.3, -0.25) is 4.79 Å². The number of rotatable bonds is 0. The number of carbonyl (C=O) groups excluding carboxylic acids is 1. The molecule has 70 valence electrons. The summed E-state index contributed by atoms with van der Waals surface area (Å²) < 4.78 is 0. The highest BCUT2D eigenvalue weighted by Crippen LogP contribution is 2.18. The standard InChI is InChI=1S/C11H20O/c1-10-7-5-3-2-4-6-8-11(12)9-10/h10H,2-9H2,1H3. The summed E-state index contributed by atoms with van der Waals surface area (Å²) in [6.45, 7) is 2.21. The van der Waals surface area contributed by atoms with Gasteiger partial charge in [0, 0.05) is 12.8 Å². The van der Waals surface area contributed by atoms with Crippen LogP contribution in [0.15, 0.2) is 0 Å². The van der Waals surface area contributed by atoms with Crippen LogP contribution < -0.4 is 0 Å². The summed E-state index contributed by atoms with van der Waals surface area (Å²) in [7, 11) is 0. The first-order valence-electron chi connectivity index (χ1n) is 5.31.